The second-order valence-electron chi connectivity index (χ2n) is 2.66. The van der Waals surface area contributed by atoms with Gasteiger partial charge in [-0.25, -0.2) is 4.79 Å². The molecule has 16 heavy (non-hydrogen) atoms. The van der Waals surface area contributed by atoms with Crippen molar-refractivity contribution < 1.29 is 9.90 Å². The van der Waals surface area contributed by atoms with Crippen LogP contribution in [-0.4, -0.2) is 17.6 Å². The number of hydrogen-bond donors (Lipinski definition) is 1. The Bertz CT molecular complexity index is 525. The third-order valence-electron chi connectivity index (χ3n) is 1.67. The monoisotopic (exact) mass is 235 g/mol. The van der Waals surface area contributed by atoms with Gasteiger partial charge in [-0.3, -0.25) is 0 Å². The van der Waals surface area contributed by atoms with Gasteiger partial charge in [0, 0.05) is 10.5 Å². The topological polar surface area (TPSA) is 86.1 Å². The number of aromatic carboxylic acids is 1. The van der Waals surface area contributed by atoms with E-state index in [2.05, 4.69) is 21.9 Å². The smallest absolute Gasteiger partial charge is 0.337 e. The number of hydrogen-bond acceptors (Lipinski definition) is 2. The zero-order valence-corrected chi connectivity index (χ0v) is 8.77. The molecule has 0 radical (unpaired) electrons. The predicted molar refractivity (Wildman–Crippen MR) is 59.3 cm³/mol. The fraction of sp³-hybridized carbons (Fsp3) is 0.100. The zero-order valence-electron chi connectivity index (χ0n) is 8.01. The molecule has 0 aliphatic rings. The van der Waals surface area contributed by atoms with Gasteiger partial charge >= 0.3 is 5.97 Å². The quantitative estimate of drug-likeness (QED) is 0.370. The lowest BCUT2D eigenvalue weighted by molar-refractivity contribution is 0.0697. The molecule has 0 atom stereocenters. The van der Waals surface area contributed by atoms with Gasteiger partial charge in [-0.15, -0.1) is 0 Å². The highest BCUT2D eigenvalue weighted by atomic mass is 35.5. The molecule has 0 heterocycles. The molecule has 0 fully saturated rings. The largest absolute Gasteiger partial charge is 0.478 e. The number of azide groups is 1. The molecular weight excluding hydrogens is 230 g/mol. The fourth-order valence-electron chi connectivity index (χ4n) is 0.995. The molecule has 5 nitrogen and oxygen atoms in total. The van der Waals surface area contributed by atoms with Crippen LogP contribution < -0.4 is 0 Å². The lowest BCUT2D eigenvalue weighted by Gasteiger charge is -1.99. The number of carbonyl (C=O) groups is 1. The van der Waals surface area contributed by atoms with E-state index in [-0.39, 0.29) is 17.1 Å². The molecule has 0 saturated carbocycles. The van der Waals surface area contributed by atoms with E-state index in [4.69, 9.17) is 22.2 Å². The van der Waals surface area contributed by atoms with Crippen molar-refractivity contribution in [2.24, 2.45) is 5.11 Å². The third kappa shape index (κ3) is 2.92. The predicted octanol–water partition coefficient (Wildman–Crippen LogP) is 2.70. The van der Waals surface area contributed by atoms with Crippen molar-refractivity contribution in [2.45, 2.75) is 0 Å². The molecule has 1 aromatic carbocycles. The van der Waals surface area contributed by atoms with Gasteiger partial charge < -0.3 is 5.11 Å². The van der Waals surface area contributed by atoms with Crippen molar-refractivity contribution in [1.29, 1.82) is 0 Å². The molecular formula is C10H6ClN3O2. The summed E-state index contributed by atoms with van der Waals surface area (Å²) in [5.41, 5.74) is 8.42. The summed E-state index contributed by atoms with van der Waals surface area (Å²) >= 11 is 5.83. The van der Waals surface area contributed by atoms with Crippen molar-refractivity contribution in [1.82, 2.24) is 0 Å². The summed E-state index contributed by atoms with van der Waals surface area (Å²) in [6.45, 7) is 0.0180. The normalized spacial score (nSPS) is 8.56. The van der Waals surface area contributed by atoms with Crippen molar-refractivity contribution in [2.75, 3.05) is 6.54 Å². The van der Waals surface area contributed by atoms with Gasteiger partial charge in [-0.1, -0.05) is 34.6 Å². The van der Waals surface area contributed by atoms with Gasteiger partial charge in [-0.2, -0.15) is 0 Å². The summed E-state index contributed by atoms with van der Waals surface area (Å²) in [5.74, 6) is 4.09. The van der Waals surface area contributed by atoms with Crippen LogP contribution in [0.5, 0.6) is 0 Å². The standard InChI is InChI=1S/C10H6ClN3O2/c11-9-7(4-2-6-13-14-12)3-1-5-8(9)10(15)16/h1,3,5H,6H2,(H,15,16). The van der Waals surface area contributed by atoms with Crippen molar-refractivity contribution in [3.8, 4) is 11.8 Å². The van der Waals surface area contributed by atoms with E-state index in [0.29, 0.717) is 5.56 Å². The van der Waals surface area contributed by atoms with Crippen LogP contribution in [0.4, 0.5) is 0 Å². The zero-order chi connectivity index (χ0) is 12.0. The average Bonchev–Trinajstić information content (AvgIpc) is 2.26. The first-order chi connectivity index (χ1) is 7.66. The van der Waals surface area contributed by atoms with E-state index < -0.39 is 5.97 Å². The van der Waals surface area contributed by atoms with Crippen LogP contribution in [0.2, 0.25) is 5.02 Å². The highest BCUT2D eigenvalue weighted by Crippen LogP contribution is 2.20. The SMILES string of the molecule is [N-]=[N+]=NCC#Cc1cccc(C(=O)O)c1Cl. The molecule has 6 heteroatoms. The number of carboxylic acid groups (broad SMARTS) is 1. The Morgan fingerprint density at radius 3 is 3.00 bits per heavy atom. The van der Waals surface area contributed by atoms with Crippen LogP contribution >= 0.6 is 11.6 Å². The average molecular weight is 236 g/mol. The van der Waals surface area contributed by atoms with Gasteiger partial charge in [-0.05, 0) is 17.7 Å². The van der Waals surface area contributed by atoms with Crippen molar-refractivity contribution in [3.63, 3.8) is 0 Å². The van der Waals surface area contributed by atoms with Crippen LogP contribution in [0.25, 0.3) is 10.4 Å². The first-order valence-electron chi connectivity index (χ1n) is 4.18. The number of nitrogens with zero attached hydrogens (tertiary/aromatic N) is 3. The van der Waals surface area contributed by atoms with E-state index in [1.807, 2.05) is 0 Å². The summed E-state index contributed by atoms with van der Waals surface area (Å²) in [6.07, 6.45) is 0. The molecule has 0 aliphatic carbocycles. The highest BCUT2D eigenvalue weighted by Gasteiger charge is 2.10. The summed E-state index contributed by atoms with van der Waals surface area (Å²) < 4.78 is 0. The minimum atomic E-state index is -1.11. The Labute approximate surface area is 96.3 Å². The van der Waals surface area contributed by atoms with Gasteiger partial charge in [0.15, 0.2) is 0 Å². The third-order valence-corrected chi connectivity index (χ3v) is 2.07. The van der Waals surface area contributed by atoms with Crippen LogP contribution in [0.15, 0.2) is 23.3 Å². The summed E-state index contributed by atoms with van der Waals surface area (Å²) in [7, 11) is 0. The lowest BCUT2D eigenvalue weighted by Crippen LogP contribution is -1.98. The van der Waals surface area contributed by atoms with E-state index in [0.717, 1.165) is 0 Å². The highest BCUT2D eigenvalue weighted by molar-refractivity contribution is 6.34. The van der Waals surface area contributed by atoms with Crippen molar-refractivity contribution in [3.05, 3.63) is 44.8 Å². The number of carboxylic acids is 1. The maximum absolute atomic E-state index is 10.8. The first kappa shape index (κ1) is 11.9. The van der Waals surface area contributed by atoms with E-state index in [1.165, 1.54) is 6.07 Å². The number of benzene rings is 1. The lowest BCUT2D eigenvalue weighted by atomic mass is 10.1. The Kier molecular flexibility index (Phi) is 4.22. The summed E-state index contributed by atoms with van der Waals surface area (Å²) in [4.78, 5) is 13.3. The summed E-state index contributed by atoms with van der Waals surface area (Å²) in [5, 5.41) is 12.1. The first-order valence-corrected chi connectivity index (χ1v) is 4.56. The van der Waals surface area contributed by atoms with Crippen LogP contribution in [0, 0.1) is 11.8 Å². The maximum Gasteiger partial charge on any atom is 0.337 e. The summed E-state index contributed by atoms with van der Waals surface area (Å²) in [6, 6.07) is 4.54. The van der Waals surface area contributed by atoms with Crippen LogP contribution in [0.1, 0.15) is 15.9 Å². The Morgan fingerprint density at radius 1 is 1.62 bits per heavy atom. The molecule has 0 saturated heterocycles. The van der Waals surface area contributed by atoms with Crippen LogP contribution in [0.3, 0.4) is 0 Å². The minimum absolute atomic E-state index is 0.00255. The molecule has 0 amide bonds. The van der Waals surface area contributed by atoms with Gasteiger partial charge in [0.2, 0.25) is 0 Å². The molecule has 1 N–H and O–H groups in total. The Morgan fingerprint density at radius 2 is 2.38 bits per heavy atom. The second kappa shape index (κ2) is 5.66. The van der Waals surface area contributed by atoms with E-state index in [1.54, 1.807) is 12.1 Å². The number of rotatable bonds is 2. The fourth-order valence-corrected chi connectivity index (χ4v) is 1.25. The van der Waals surface area contributed by atoms with Gasteiger partial charge in [0.05, 0.1) is 17.1 Å². The van der Waals surface area contributed by atoms with Crippen molar-refractivity contribution >= 4 is 17.6 Å². The molecule has 1 rings (SSSR count). The van der Waals surface area contributed by atoms with Gasteiger partial charge in [0.25, 0.3) is 0 Å². The minimum Gasteiger partial charge on any atom is -0.478 e. The van der Waals surface area contributed by atoms with E-state index in [9.17, 15) is 4.79 Å². The molecule has 0 bridgehead atoms. The molecule has 0 unspecified atom stereocenters. The Balaban J connectivity index is 3.04. The Hall–Kier alpha value is -2.15. The maximum atomic E-state index is 10.8. The molecule has 0 aromatic heterocycles. The van der Waals surface area contributed by atoms with Gasteiger partial charge in [0.1, 0.15) is 0 Å². The van der Waals surface area contributed by atoms with E-state index >= 15 is 0 Å². The van der Waals surface area contributed by atoms with Crippen LogP contribution in [-0.2, 0) is 0 Å². The molecule has 1 aromatic rings. The molecule has 0 aliphatic heterocycles. The number of halogens is 1. The second-order valence-corrected chi connectivity index (χ2v) is 3.04. The molecule has 0 spiro atoms. The molecule has 80 valence electrons.